The number of benzene rings is 2. The predicted molar refractivity (Wildman–Crippen MR) is 77.7 cm³/mol. The Morgan fingerprint density at radius 2 is 1.37 bits per heavy atom. The summed E-state index contributed by atoms with van der Waals surface area (Å²) in [5.41, 5.74) is 4.91. The van der Waals surface area contributed by atoms with Gasteiger partial charge in [-0.3, -0.25) is 4.79 Å². The molecule has 3 rings (SSSR count). The highest BCUT2D eigenvalue weighted by molar-refractivity contribution is 5.94. The van der Waals surface area contributed by atoms with E-state index in [0.29, 0.717) is 11.8 Å². The van der Waals surface area contributed by atoms with Gasteiger partial charge in [-0.1, -0.05) is 54.1 Å². The molecule has 96 valence electrons. The number of carbonyl (C=O) groups excluding carboxylic acids is 1. The van der Waals surface area contributed by atoms with E-state index in [2.05, 4.69) is 43.3 Å². The van der Waals surface area contributed by atoms with Crippen molar-refractivity contribution in [1.82, 2.24) is 0 Å². The molecular formula is C18H18O. The molecule has 19 heavy (non-hydrogen) atoms. The molecule has 0 bridgehead atoms. The van der Waals surface area contributed by atoms with Crippen LogP contribution in [0.3, 0.4) is 0 Å². The first-order valence-corrected chi connectivity index (χ1v) is 6.82. The number of rotatable bonds is 3. The van der Waals surface area contributed by atoms with Gasteiger partial charge >= 0.3 is 0 Å². The molecule has 2 aromatic carbocycles. The molecule has 0 saturated heterocycles. The number of carbonyl (C=O) groups is 1. The zero-order chi connectivity index (χ0) is 13.4. The highest BCUT2D eigenvalue weighted by Crippen LogP contribution is 2.54. The Morgan fingerprint density at radius 1 is 0.895 bits per heavy atom. The Morgan fingerprint density at radius 3 is 1.84 bits per heavy atom. The molecule has 1 fully saturated rings. The summed E-state index contributed by atoms with van der Waals surface area (Å²) in [5, 5.41) is 0. The molecule has 0 heterocycles. The molecule has 2 aromatic rings. The fourth-order valence-corrected chi connectivity index (χ4v) is 2.71. The average Bonchev–Trinajstić information content (AvgIpc) is 3.20. The molecule has 1 aliphatic rings. The van der Waals surface area contributed by atoms with Crippen molar-refractivity contribution >= 4 is 5.78 Å². The summed E-state index contributed by atoms with van der Waals surface area (Å²) in [6.45, 7) is 3.73. The summed E-state index contributed by atoms with van der Waals surface area (Å²) in [6.07, 6.45) is 1.22. The van der Waals surface area contributed by atoms with Crippen LogP contribution in [0, 0.1) is 6.92 Å². The van der Waals surface area contributed by atoms with E-state index < -0.39 is 0 Å². The van der Waals surface area contributed by atoms with Gasteiger partial charge in [-0.05, 0) is 43.2 Å². The van der Waals surface area contributed by atoms with E-state index in [4.69, 9.17) is 0 Å². The molecule has 0 spiro atoms. The second-order valence-electron chi connectivity index (χ2n) is 5.54. The van der Waals surface area contributed by atoms with Gasteiger partial charge in [0.2, 0.25) is 0 Å². The van der Waals surface area contributed by atoms with E-state index in [9.17, 15) is 4.79 Å². The fourth-order valence-electron chi connectivity index (χ4n) is 2.71. The van der Waals surface area contributed by atoms with E-state index in [1.54, 1.807) is 6.92 Å². The Bertz CT molecular complexity index is 593. The minimum Gasteiger partial charge on any atom is -0.295 e. The van der Waals surface area contributed by atoms with Gasteiger partial charge in [0.25, 0.3) is 0 Å². The van der Waals surface area contributed by atoms with Crippen LogP contribution in [0.15, 0.2) is 48.5 Å². The van der Waals surface area contributed by atoms with Gasteiger partial charge < -0.3 is 0 Å². The van der Waals surface area contributed by atoms with Crippen molar-refractivity contribution in [2.75, 3.05) is 0 Å². The largest absolute Gasteiger partial charge is 0.295 e. The lowest BCUT2D eigenvalue weighted by Crippen LogP contribution is -1.92. The average molecular weight is 250 g/mol. The Kier molecular flexibility index (Phi) is 2.98. The zero-order valence-electron chi connectivity index (χ0n) is 11.4. The van der Waals surface area contributed by atoms with Crippen LogP contribution in [-0.2, 0) is 0 Å². The molecule has 0 radical (unpaired) electrons. The van der Waals surface area contributed by atoms with E-state index in [1.807, 2.05) is 12.1 Å². The van der Waals surface area contributed by atoms with Crippen molar-refractivity contribution in [2.45, 2.75) is 32.1 Å². The monoisotopic (exact) mass is 250 g/mol. The number of Topliss-reactive ketones (excluding diaryl/α,β-unsaturated/α-hetero) is 1. The molecule has 1 saturated carbocycles. The predicted octanol–water partition coefficient (Wildman–Crippen LogP) is 4.47. The highest BCUT2D eigenvalue weighted by Gasteiger charge is 2.39. The molecule has 1 nitrogen and oxygen atoms in total. The van der Waals surface area contributed by atoms with Gasteiger partial charge in [0, 0.05) is 5.56 Å². The third-order valence-corrected chi connectivity index (χ3v) is 4.04. The summed E-state index contributed by atoms with van der Waals surface area (Å²) >= 11 is 0. The standard InChI is InChI=1S/C18H18O/c1-12-3-5-15(6-4-12)17-11-18(17)16-9-7-14(8-10-16)13(2)19/h3-10,17-18H,11H2,1-2H3/t17-,18+/m1/s1. The summed E-state index contributed by atoms with van der Waals surface area (Å²) in [6, 6.07) is 17.0. The first-order chi connectivity index (χ1) is 9.15. The molecule has 0 aromatic heterocycles. The second kappa shape index (κ2) is 4.65. The van der Waals surface area contributed by atoms with Crippen LogP contribution >= 0.6 is 0 Å². The van der Waals surface area contributed by atoms with Crippen LogP contribution in [0.2, 0.25) is 0 Å². The van der Waals surface area contributed by atoms with Gasteiger partial charge in [0.1, 0.15) is 0 Å². The summed E-state index contributed by atoms with van der Waals surface area (Å²) in [7, 11) is 0. The quantitative estimate of drug-likeness (QED) is 0.735. The highest BCUT2D eigenvalue weighted by atomic mass is 16.1. The van der Waals surface area contributed by atoms with Gasteiger partial charge in [0.05, 0.1) is 0 Å². The smallest absolute Gasteiger partial charge is 0.159 e. The van der Waals surface area contributed by atoms with Gasteiger partial charge in [-0.25, -0.2) is 0 Å². The van der Waals surface area contributed by atoms with Crippen LogP contribution in [0.25, 0.3) is 0 Å². The first-order valence-electron chi connectivity index (χ1n) is 6.82. The third-order valence-electron chi connectivity index (χ3n) is 4.04. The maximum atomic E-state index is 11.3. The van der Waals surface area contributed by atoms with Gasteiger partial charge in [-0.15, -0.1) is 0 Å². The minimum atomic E-state index is 0.137. The Balaban J connectivity index is 1.75. The molecule has 1 aliphatic carbocycles. The number of aryl methyl sites for hydroxylation is 1. The van der Waals surface area contributed by atoms with Crippen molar-refractivity contribution in [3.8, 4) is 0 Å². The lowest BCUT2D eigenvalue weighted by Gasteiger charge is -2.03. The second-order valence-corrected chi connectivity index (χ2v) is 5.54. The van der Waals surface area contributed by atoms with Crippen molar-refractivity contribution in [1.29, 1.82) is 0 Å². The van der Waals surface area contributed by atoms with Crippen molar-refractivity contribution in [2.24, 2.45) is 0 Å². The summed E-state index contributed by atoms with van der Waals surface area (Å²) in [5.74, 6) is 1.42. The summed E-state index contributed by atoms with van der Waals surface area (Å²) in [4.78, 5) is 11.3. The van der Waals surface area contributed by atoms with E-state index in [1.165, 1.54) is 23.1 Å². The van der Waals surface area contributed by atoms with Gasteiger partial charge in [-0.2, -0.15) is 0 Å². The van der Waals surface area contributed by atoms with E-state index in [-0.39, 0.29) is 5.78 Å². The van der Waals surface area contributed by atoms with Crippen molar-refractivity contribution in [3.05, 3.63) is 70.8 Å². The third kappa shape index (κ3) is 2.46. The van der Waals surface area contributed by atoms with Crippen molar-refractivity contribution < 1.29 is 4.79 Å². The molecule has 0 aliphatic heterocycles. The fraction of sp³-hybridized carbons (Fsp3) is 0.278. The number of ketones is 1. The van der Waals surface area contributed by atoms with E-state index >= 15 is 0 Å². The zero-order valence-corrected chi connectivity index (χ0v) is 11.4. The first kappa shape index (κ1) is 12.2. The topological polar surface area (TPSA) is 17.1 Å². The van der Waals surface area contributed by atoms with Crippen LogP contribution < -0.4 is 0 Å². The molecule has 0 unspecified atom stereocenters. The van der Waals surface area contributed by atoms with E-state index in [0.717, 1.165) is 5.56 Å². The molecule has 1 heteroatoms. The maximum absolute atomic E-state index is 11.3. The Labute approximate surface area is 114 Å². The van der Waals surface area contributed by atoms with Crippen molar-refractivity contribution in [3.63, 3.8) is 0 Å². The minimum absolute atomic E-state index is 0.137. The normalized spacial score (nSPS) is 21.2. The molecule has 0 amide bonds. The van der Waals surface area contributed by atoms with Crippen LogP contribution in [0.4, 0.5) is 0 Å². The number of hydrogen-bond acceptors (Lipinski definition) is 1. The molecular weight excluding hydrogens is 232 g/mol. The SMILES string of the molecule is CC(=O)c1ccc([C@@H]2C[C@@H]2c2ccc(C)cc2)cc1. The summed E-state index contributed by atoms with van der Waals surface area (Å²) < 4.78 is 0. The van der Waals surface area contributed by atoms with Crippen LogP contribution in [-0.4, -0.2) is 5.78 Å². The molecule has 2 atom stereocenters. The molecule has 0 N–H and O–H groups in total. The Hall–Kier alpha value is -1.89. The van der Waals surface area contributed by atoms with Crippen LogP contribution in [0.1, 0.15) is 52.2 Å². The van der Waals surface area contributed by atoms with Crippen LogP contribution in [0.5, 0.6) is 0 Å². The number of hydrogen-bond donors (Lipinski definition) is 0. The van der Waals surface area contributed by atoms with Gasteiger partial charge in [0.15, 0.2) is 5.78 Å². The maximum Gasteiger partial charge on any atom is 0.159 e. The lowest BCUT2D eigenvalue weighted by molar-refractivity contribution is 0.101. The lowest BCUT2D eigenvalue weighted by atomic mass is 10.0.